The molecule has 5 nitrogen and oxygen atoms in total. The van der Waals surface area contributed by atoms with E-state index in [4.69, 9.17) is 18.0 Å². The van der Waals surface area contributed by atoms with E-state index < -0.39 is 5.56 Å². The van der Waals surface area contributed by atoms with Crippen molar-refractivity contribution in [3.8, 4) is 0 Å². The summed E-state index contributed by atoms with van der Waals surface area (Å²) in [5, 5.41) is 0. The molecule has 16 heavy (non-hydrogen) atoms. The van der Waals surface area contributed by atoms with Gasteiger partial charge in [-0.25, -0.2) is 4.79 Å². The second-order valence-corrected chi connectivity index (χ2v) is 4.45. The van der Waals surface area contributed by atoms with Crippen LogP contribution in [0.15, 0.2) is 15.8 Å². The smallest absolute Gasteiger partial charge is 0.328 e. The van der Waals surface area contributed by atoms with E-state index in [0.717, 1.165) is 25.7 Å². The lowest BCUT2D eigenvalue weighted by molar-refractivity contribution is 0.490. The number of H-pyrrole nitrogens is 1. The van der Waals surface area contributed by atoms with E-state index in [2.05, 4.69) is 4.98 Å². The van der Waals surface area contributed by atoms with E-state index >= 15 is 0 Å². The molecule has 1 fully saturated rings. The van der Waals surface area contributed by atoms with Gasteiger partial charge in [-0.3, -0.25) is 14.3 Å². The fourth-order valence-corrected chi connectivity index (χ4v) is 2.26. The Hall–Kier alpha value is -1.43. The van der Waals surface area contributed by atoms with Crippen molar-refractivity contribution >= 4 is 17.2 Å². The average molecular weight is 239 g/mol. The first-order chi connectivity index (χ1) is 7.59. The third kappa shape index (κ3) is 1.92. The van der Waals surface area contributed by atoms with Gasteiger partial charge in [0.15, 0.2) is 0 Å². The van der Waals surface area contributed by atoms with Gasteiger partial charge in [0.05, 0.1) is 5.56 Å². The van der Waals surface area contributed by atoms with Gasteiger partial charge in [-0.15, -0.1) is 0 Å². The van der Waals surface area contributed by atoms with Crippen molar-refractivity contribution in [2.75, 3.05) is 0 Å². The molecule has 86 valence electrons. The zero-order chi connectivity index (χ0) is 11.7. The number of hydrogen-bond acceptors (Lipinski definition) is 3. The zero-order valence-electron chi connectivity index (χ0n) is 8.73. The molecule has 1 heterocycles. The molecule has 1 aliphatic rings. The SMILES string of the molecule is NC(=S)c1cn(C2CCCC2)c(=O)[nH]c1=O. The molecule has 2 rings (SSSR count). The Morgan fingerprint density at radius 2 is 2.06 bits per heavy atom. The Morgan fingerprint density at radius 3 is 2.62 bits per heavy atom. The molecule has 1 saturated carbocycles. The fourth-order valence-electron chi connectivity index (χ4n) is 2.11. The summed E-state index contributed by atoms with van der Waals surface area (Å²) in [6.45, 7) is 0. The van der Waals surface area contributed by atoms with Crippen LogP contribution in [0.3, 0.4) is 0 Å². The standard InChI is InChI=1S/C10H13N3O2S/c11-8(16)7-5-13(6-3-1-2-4-6)10(15)12-9(7)14/h5-6H,1-4H2,(H2,11,16)(H,12,14,15). The van der Waals surface area contributed by atoms with Crippen molar-refractivity contribution in [2.24, 2.45) is 5.73 Å². The molecule has 0 radical (unpaired) electrons. The molecule has 6 heteroatoms. The van der Waals surface area contributed by atoms with Crippen LogP contribution < -0.4 is 17.0 Å². The molecule has 0 spiro atoms. The number of nitrogens with one attached hydrogen (secondary N) is 1. The van der Waals surface area contributed by atoms with Gasteiger partial charge in [-0.2, -0.15) is 0 Å². The van der Waals surface area contributed by atoms with Crippen molar-refractivity contribution in [2.45, 2.75) is 31.7 Å². The van der Waals surface area contributed by atoms with Crippen LogP contribution in [-0.4, -0.2) is 14.5 Å². The monoisotopic (exact) mass is 239 g/mol. The summed E-state index contributed by atoms with van der Waals surface area (Å²) in [6, 6.07) is 0.164. The Morgan fingerprint density at radius 1 is 1.44 bits per heavy atom. The van der Waals surface area contributed by atoms with Crippen molar-refractivity contribution in [3.05, 3.63) is 32.6 Å². The van der Waals surface area contributed by atoms with E-state index in [-0.39, 0.29) is 22.3 Å². The average Bonchev–Trinajstić information content (AvgIpc) is 2.70. The third-order valence-corrected chi connectivity index (χ3v) is 3.17. The first-order valence-corrected chi connectivity index (χ1v) is 5.65. The minimum Gasteiger partial charge on any atom is -0.389 e. The summed E-state index contributed by atoms with van der Waals surface area (Å²) < 4.78 is 1.54. The summed E-state index contributed by atoms with van der Waals surface area (Å²) in [5.74, 6) is 0. The van der Waals surface area contributed by atoms with Gasteiger partial charge in [0.1, 0.15) is 4.99 Å². The topological polar surface area (TPSA) is 80.9 Å². The molecule has 3 N–H and O–H groups in total. The van der Waals surface area contributed by atoms with Crippen LogP contribution in [0, 0.1) is 0 Å². The molecular weight excluding hydrogens is 226 g/mol. The quantitative estimate of drug-likeness (QED) is 0.727. The Bertz CT molecular complexity index is 526. The lowest BCUT2D eigenvalue weighted by Gasteiger charge is -2.13. The maximum atomic E-state index is 11.6. The minimum absolute atomic E-state index is 0.0213. The van der Waals surface area contributed by atoms with Gasteiger partial charge < -0.3 is 5.73 Å². The fraction of sp³-hybridized carbons (Fsp3) is 0.500. The summed E-state index contributed by atoms with van der Waals surface area (Å²) >= 11 is 4.77. The second-order valence-electron chi connectivity index (χ2n) is 4.01. The van der Waals surface area contributed by atoms with Gasteiger partial charge in [-0.1, -0.05) is 25.1 Å². The van der Waals surface area contributed by atoms with Crippen LogP contribution in [0.1, 0.15) is 37.3 Å². The highest BCUT2D eigenvalue weighted by Gasteiger charge is 2.19. The minimum atomic E-state index is -0.508. The third-order valence-electron chi connectivity index (χ3n) is 2.95. The summed E-state index contributed by atoms with van der Waals surface area (Å²) in [5.41, 5.74) is 4.75. The molecule has 0 bridgehead atoms. The van der Waals surface area contributed by atoms with E-state index in [9.17, 15) is 9.59 Å². The van der Waals surface area contributed by atoms with Crippen LogP contribution >= 0.6 is 12.2 Å². The van der Waals surface area contributed by atoms with E-state index in [1.54, 1.807) is 4.57 Å². The highest BCUT2D eigenvalue weighted by molar-refractivity contribution is 7.80. The Labute approximate surface area is 97.3 Å². The van der Waals surface area contributed by atoms with Crippen molar-refractivity contribution in [3.63, 3.8) is 0 Å². The van der Waals surface area contributed by atoms with Gasteiger partial charge in [0.25, 0.3) is 5.56 Å². The van der Waals surface area contributed by atoms with Gasteiger partial charge in [0, 0.05) is 12.2 Å². The molecule has 0 aromatic carbocycles. The number of nitrogens with two attached hydrogens (primary N) is 1. The number of aromatic amines is 1. The normalized spacial score (nSPS) is 16.5. The molecule has 0 amide bonds. The first-order valence-electron chi connectivity index (χ1n) is 5.25. The van der Waals surface area contributed by atoms with Crippen LogP contribution in [0.2, 0.25) is 0 Å². The molecule has 0 saturated heterocycles. The van der Waals surface area contributed by atoms with E-state index in [1.807, 2.05) is 0 Å². The molecular formula is C10H13N3O2S. The van der Waals surface area contributed by atoms with Crippen LogP contribution in [0.5, 0.6) is 0 Å². The van der Waals surface area contributed by atoms with Crippen molar-refractivity contribution < 1.29 is 0 Å². The van der Waals surface area contributed by atoms with Crippen LogP contribution in [0.4, 0.5) is 0 Å². The van der Waals surface area contributed by atoms with E-state index in [0.29, 0.717) is 0 Å². The number of thiocarbonyl (C=S) groups is 1. The number of rotatable bonds is 2. The number of aromatic nitrogens is 2. The lowest BCUT2D eigenvalue weighted by Crippen LogP contribution is -2.36. The van der Waals surface area contributed by atoms with Gasteiger partial charge >= 0.3 is 5.69 Å². The first kappa shape index (κ1) is 11.1. The number of nitrogens with zero attached hydrogens (tertiary/aromatic N) is 1. The molecule has 1 aliphatic carbocycles. The molecule has 0 atom stereocenters. The predicted octanol–water partition coefficient (Wildman–Crippen LogP) is 0.286. The molecule has 1 aromatic rings. The van der Waals surface area contributed by atoms with Crippen molar-refractivity contribution in [1.29, 1.82) is 0 Å². The zero-order valence-corrected chi connectivity index (χ0v) is 9.55. The molecule has 1 aromatic heterocycles. The summed E-state index contributed by atoms with van der Waals surface area (Å²) in [6.07, 6.45) is 5.63. The number of hydrogen-bond donors (Lipinski definition) is 2. The largest absolute Gasteiger partial charge is 0.389 e. The second kappa shape index (κ2) is 4.21. The maximum Gasteiger partial charge on any atom is 0.328 e. The summed E-state index contributed by atoms with van der Waals surface area (Å²) in [4.78, 5) is 25.3. The van der Waals surface area contributed by atoms with Gasteiger partial charge in [-0.05, 0) is 12.8 Å². The predicted molar refractivity (Wildman–Crippen MR) is 64.7 cm³/mol. The van der Waals surface area contributed by atoms with Crippen LogP contribution in [-0.2, 0) is 0 Å². The maximum absolute atomic E-state index is 11.6. The lowest BCUT2D eigenvalue weighted by atomic mass is 10.2. The Kier molecular flexibility index (Phi) is 2.91. The van der Waals surface area contributed by atoms with Crippen molar-refractivity contribution in [1.82, 2.24) is 9.55 Å². The summed E-state index contributed by atoms with van der Waals surface area (Å²) in [7, 11) is 0. The molecule has 0 unspecified atom stereocenters. The highest BCUT2D eigenvalue weighted by atomic mass is 32.1. The highest BCUT2D eigenvalue weighted by Crippen LogP contribution is 2.27. The Balaban J connectivity index is 2.53. The van der Waals surface area contributed by atoms with E-state index in [1.165, 1.54) is 6.20 Å². The van der Waals surface area contributed by atoms with Crippen LogP contribution in [0.25, 0.3) is 0 Å². The molecule has 0 aliphatic heterocycles. The van der Waals surface area contributed by atoms with Gasteiger partial charge in [0.2, 0.25) is 0 Å².